The van der Waals surface area contributed by atoms with E-state index < -0.39 is 12.1 Å². The van der Waals surface area contributed by atoms with E-state index in [1.807, 2.05) is 42.5 Å². The van der Waals surface area contributed by atoms with Gasteiger partial charge in [-0.3, -0.25) is 0 Å². The van der Waals surface area contributed by atoms with E-state index in [1.54, 1.807) is 17.8 Å². The van der Waals surface area contributed by atoms with E-state index in [-0.39, 0.29) is 12.4 Å². The van der Waals surface area contributed by atoms with Gasteiger partial charge in [0.25, 0.3) is 0 Å². The highest BCUT2D eigenvalue weighted by molar-refractivity contribution is 8.00. The Morgan fingerprint density at radius 2 is 1.62 bits per heavy atom. The van der Waals surface area contributed by atoms with Crippen LogP contribution in [0.1, 0.15) is 41.4 Å². The molecule has 0 bridgehead atoms. The highest BCUT2D eigenvalue weighted by Crippen LogP contribution is 2.31. The van der Waals surface area contributed by atoms with Gasteiger partial charge in [-0.15, -0.1) is 24.2 Å². The Labute approximate surface area is 200 Å². The normalized spacial score (nSPS) is 11.8. The number of aromatic carboxylic acids is 1. The zero-order chi connectivity index (χ0) is 22.2. The summed E-state index contributed by atoms with van der Waals surface area (Å²) in [7, 11) is 0. The molecule has 32 heavy (non-hydrogen) atoms. The van der Waals surface area contributed by atoms with Crippen molar-refractivity contribution in [2.75, 3.05) is 13.1 Å². The molecule has 0 aromatic heterocycles. The SMILES string of the molecule is CC(C)Sc1cc(-c2ccc(CCNC[C@H](O)c3ccccc3)cc2)ccc1C(=O)O.Cl. The van der Waals surface area contributed by atoms with Crippen molar-refractivity contribution in [1.29, 1.82) is 0 Å². The van der Waals surface area contributed by atoms with Crippen molar-refractivity contribution < 1.29 is 15.0 Å². The standard InChI is InChI=1S/C26H29NO3S.ClH/c1-18(2)31-25-16-22(12-13-23(25)26(29)30)20-10-8-19(9-11-20)14-15-27-17-24(28)21-6-4-3-5-7-21;/h3-13,16,18,24,27-28H,14-15,17H2,1-2H3,(H,29,30);1H/t24-;/m0./s1. The third-order valence-electron chi connectivity index (χ3n) is 4.97. The largest absolute Gasteiger partial charge is 0.478 e. The molecule has 3 aromatic carbocycles. The molecule has 0 radical (unpaired) electrons. The molecule has 0 aliphatic rings. The number of carbonyl (C=O) groups is 1. The molecule has 0 fully saturated rings. The molecule has 0 spiro atoms. The minimum Gasteiger partial charge on any atom is -0.478 e. The van der Waals surface area contributed by atoms with E-state index in [2.05, 4.69) is 43.4 Å². The van der Waals surface area contributed by atoms with Gasteiger partial charge in [-0.1, -0.05) is 74.5 Å². The number of nitrogens with one attached hydrogen (secondary N) is 1. The average molecular weight is 472 g/mol. The number of aliphatic hydroxyl groups excluding tert-OH is 1. The Bertz CT molecular complexity index is 994. The van der Waals surface area contributed by atoms with Crippen LogP contribution in [0.15, 0.2) is 77.7 Å². The van der Waals surface area contributed by atoms with Gasteiger partial charge < -0.3 is 15.5 Å². The van der Waals surface area contributed by atoms with Crippen molar-refractivity contribution in [2.24, 2.45) is 0 Å². The fourth-order valence-corrected chi connectivity index (χ4v) is 4.34. The van der Waals surface area contributed by atoms with Gasteiger partial charge in [-0.2, -0.15) is 0 Å². The molecule has 170 valence electrons. The molecule has 6 heteroatoms. The maximum absolute atomic E-state index is 11.5. The number of thioether (sulfide) groups is 1. The van der Waals surface area contributed by atoms with Crippen LogP contribution in [0.4, 0.5) is 0 Å². The van der Waals surface area contributed by atoms with Gasteiger partial charge in [0.2, 0.25) is 0 Å². The molecule has 0 saturated heterocycles. The van der Waals surface area contributed by atoms with Gasteiger partial charge in [0.1, 0.15) is 0 Å². The third kappa shape index (κ3) is 7.38. The number of rotatable bonds is 10. The second kappa shape index (κ2) is 12.7. The van der Waals surface area contributed by atoms with E-state index in [4.69, 9.17) is 0 Å². The molecule has 0 amide bonds. The smallest absolute Gasteiger partial charge is 0.336 e. The van der Waals surface area contributed by atoms with E-state index in [0.29, 0.717) is 17.4 Å². The lowest BCUT2D eigenvalue weighted by Crippen LogP contribution is -2.23. The first kappa shape index (κ1) is 25.9. The number of hydrogen-bond acceptors (Lipinski definition) is 4. The van der Waals surface area contributed by atoms with Crippen molar-refractivity contribution >= 4 is 30.1 Å². The van der Waals surface area contributed by atoms with Crippen LogP contribution in [0.3, 0.4) is 0 Å². The van der Waals surface area contributed by atoms with Crippen LogP contribution in [0, 0.1) is 0 Å². The summed E-state index contributed by atoms with van der Waals surface area (Å²) < 4.78 is 0. The maximum Gasteiger partial charge on any atom is 0.336 e. The monoisotopic (exact) mass is 471 g/mol. The Morgan fingerprint density at radius 3 is 2.25 bits per heavy atom. The van der Waals surface area contributed by atoms with Gasteiger partial charge >= 0.3 is 5.97 Å². The van der Waals surface area contributed by atoms with E-state index >= 15 is 0 Å². The van der Waals surface area contributed by atoms with Crippen molar-refractivity contribution in [1.82, 2.24) is 5.32 Å². The van der Waals surface area contributed by atoms with Crippen LogP contribution < -0.4 is 5.32 Å². The molecule has 4 nitrogen and oxygen atoms in total. The molecule has 3 aromatic rings. The second-order valence-electron chi connectivity index (χ2n) is 7.76. The number of benzene rings is 3. The summed E-state index contributed by atoms with van der Waals surface area (Å²) in [4.78, 5) is 12.3. The second-order valence-corrected chi connectivity index (χ2v) is 9.38. The molecule has 3 rings (SSSR count). The number of carboxylic acid groups (broad SMARTS) is 1. The van der Waals surface area contributed by atoms with Crippen LogP contribution >= 0.6 is 24.2 Å². The molecule has 0 aliphatic carbocycles. The van der Waals surface area contributed by atoms with Crippen molar-refractivity contribution in [3.05, 3.63) is 89.5 Å². The first-order valence-electron chi connectivity index (χ1n) is 10.5. The van der Waals surface area contributed by atoms with E-state index in [9.17, 15) is 15.0 Å². The summed E-state index contributed by atoms with van der Waals surface area (Å²) in [5, 5.41) is 23.3. The summed E-state index contributed by atoms with van der Waals surface area (Å²) in [5.41, 5.74) is 4.57. The summed E-state index contributed by atoms with van der Waals surface area (Å²) in [6, 6.07) is 23.6. The maximum atomic E-state index is 11.5. The lowest BCUT2D eigenvalue weighted by Gasteiger charge is -2.13. The number of carboxylic acids is 1. The van der Waals surface area contributed by atoms with Gasteiger partial charge in [0.15, 0.2) is 0 Å². The molecule has 0 saturated carbocycles. The highest BCUT2D eigenvalue weighted by atomic mass is 35.5. The van der Waals surface area contributed by atoms with E-state index in [1.165, 1.54) is 5.56 Å². The minimum atomic E-state index is -0.894. The molecular formula is C26H30ClNO3S. The Morgan fingerprint density at radius 1 is 0.969 bits per heavy atom. The van der Waals surface area contributed by atoms with Gasteiger partial charge in [-0.25, -0.2) is 4.79 Å². The van der Waals surface area contributed by atoms with Crippen molar-refractivity contribution in [2.45, 2.75) is 36.5 Å². The lowest BCUT2D eigenvalue weighted by molar-refractivity contribution is 0.0693. The molecule has 1 atom stereocenters. The molecule has 0 heterocycles. The van der Waals surface area contributed by atoms with Crippen LogP contribution in [0.25, 0.3) is 11.1 Å². The Kier molecular flexibility index (Phi) is 10.3. The first-order valence-corrected chi connectivity index (χ1v) is 11.4. The summed E-state index contributed by atoms with van der Waals surface area (Å²) in [6.07, 6.45) is 0.365. The Hall–Kier alpha value is -2.31. The zero-order valence-electron chi connectivity index (χ0n) is 18.3. The van der Waals surface area contributed by atoms with Crippen LogP contribution in [0.5, 0.6) is 0 Å². The van der Waals surface area contributed by atoms with E-state index in [0.717, 1.165) is 34.6 Å². The van der Waals surface area contributed by atoms with Crippen LogP contribution in [0.2, 0.25) is 0 Å². The quantitative estimate of drug-likeness (QED) is 0.256. The predicted molar refractivity (Wildman–Crippen MR) is 135 cm³/mol. The molecule has 0 aliphatic heterocycles. The lowest BCUT2D eigenvalue weighted by atomic mass is 10.0. The Balaban J connectivity index is 0.00000363. The summed E-state index contributed by atoms with van der Waals surface area (Å²) in [6.45, 7) is 5.43. The predicted octanol–water partition coefficient (Wildman–Crippen LogP) is 5.84. The molecular weight excluding hydrogens is 442 g/mol. The zero-order valence-corrected chi connectivity index (χ0v) is 20.0. The number of aliphatic hydroxyl groups is 1. The van der Waals surface area contributed by atoms with Crippen molar-refractivity contribution in [3.8, 4) is 11.1 Å². The fourth-order valence-electron chi connectivity index (χ4n) is 3.36. The first-order chi connectivity index (χ1) is 14.9. The van der Waals surface area contributed by atoms with Crippen molar-refractivity contribution in [3.63, 3.8) is 0 Å². The van der Waals surface area contributed by atoms with Gasteiger partial charge in [-0.05, 0) is 47.4 Å². The van der Waals surface area contributed by atoms with Crippen LogP contribution in [-0.4, -0.2) is 34.5 Å². The minimum absolute atomic E-state index is 0. The highest BCUT2D eigenvalue weighted by Gasteiger charge is 2.13. The van der Waals surface area contributed by atoms with Gasteiger partial charge in [0, 0.05) is 16.7 Å². The summed E-state index contributed by atoms with van der Waals surface area (Å²) in [5.74, 6) is -0.894. The fraction of sp³-hybridized carbons (Fsp3) is 0.269. The molecule has 0 unspecified atom stereocenters. The van der Waals surface area contributed by atoms with Crippen LogP contribution in [-0.2, 0) is 6.42 Å². The number of halogens is 1. The topological polar surface area (TPSA) is 69.6 Å². The third-order valence-corrected chi connectivity index (χ3v) is 6.04. The summed E-state index contributed by atoms with van der Waals surface area (Å²) >= 11 is 1.57. The van der Waals surface area contributed by atoms with Gasteiger partial charge in [0.05, 0.1) is 11.7 Å². The molecule has 3 N–H and O–H groups in total. The average Bonchev–Trinajstić information content (AvgIpc) is 2.77. The number of hydrogen-bond donors (Lipinski definition) is 3.